The lowest BCUT2D eigenvalue weighted by molar-refractivity contribution is -0.188. The van der Waals surface area contributed by atoms with Crippen LogP contribution in [-0.2, 0) is 14.6 Å². The summed E-state index contributed by atoms with van der Waals surface area (Å²) in [5.74, 6) is -2.06. The second kappa shape index (κ2) is 5.05. The highest BCUT2D eigenvalue weighted by molar-refractivity contribution is 7.91. The zero-order valence-corrected chi connectivity index (χ0v) is 11.6. The number of ketones is 1. The molecule has 0 aromatic carbocycles. The number of carbonyl (C=O) groups is 1. The lowest BCUT2D eigenvalue weighted by atomic mass is 9.78. The first kappa shape index (κ1) is 16.4. The third-order valence-electron chi connectivity index (χ3n) is 3.70. The highest BCUT2D eigenvalue weighted by Crippen LogP contribution is 2.36. The van der Waals surface area contributed by atoms with Crippen LogP contribution >= 0.6 is 0 Å². The maximum absolute atomic E-state index is 12.7. The van der Waals surface area contributed by atoms with Gasteiger partial charge in [0, 0.05) is 12.2 Å². The maximum atomic E-state index is 12.7. The molecule has 0 amide bonds. The van der Waals surface area contributed by atoms with E-state index in [1.807, 2.05) is 0 Å². The molecule has 4 nitrogen and oxygen atoms in total. The Bertz CT molecular complexity index is 456. The number of halogens is 3. The summed E-state index contributed by atoms with van der Waals surface area (Å²) in [6, 6.07) is 0. The molecule has 1 fully saturated rings. The third-order valence-corrected chi connectivity index (χ3v) is 5.34. The summed E-state index contributed by atoms with van der Waals surface area (Å²) in [6.07, 6.45) is -2.80. The molecule has 0 bridgehead atoms. The quantitative estimate of drug-likeness (QED) is 0.855. The predicted octanol–water partition coefficient (Wildman–Crippen LogP) is 1.44. The summed E-state index contributed by atoms with van der Waals surface area (Å²) >= 11 is 0. The molecule has 1 rings (SSSR count). The average molecular weight is 301 g/mol. The molecule has 19 heavy (non-hydrogen) atoms. The summed E-state index contributed by atoms with van der Waals surface area (Å²) < 4.78 is 61.0. The largest absolute Gasteiger partial charge is 0.413 e. The van der Waals surface area contributed by atoms with E-state index in [9.17, 15) is 26.4 Å². The van der Waals surface area contributed by atoms with Crippen LogP contribution in [0.2, 0.25) is 0 Å². The van der Waals surface area contributed by atoms with Crippen LogP contribution in [-0.4, -0.2) is 37.4 Å². The van der Waals surface area contributed by atoms with Gasteiger partial charge in [0.05, 0.1) is 5.25 Å². The van der Waals surface area contributed by atoms with Gasteiger partial charge in [-0.05, 0) is 26.2 Å². The molecule has 0 spiro atoms. The Morgan fingerprint density at radius 3 is 2.21 bits per heavy atom. The summed E-state index contributed by atoms with van der Waals surface area (Å²) in [6.45, 7) is 0.638. The first-order chi connectivity index (χ1) is 8.37. The lowest BCUT2D eigenvalue weighted by Crippen LogP contribution is -2.59. The van der Waals surface area contributed by atoms with E-state index < -0.39 is 38.5 Å². The van der Waals surface area contributed by atoms with E-state index in [2.05, 4.69) is 0 Å². The number of alkyl halides is 3. The Kier molecular flexibility index (Phi) is 4.36. The molecule has 0 saturated heterocycles. The number of Topliss-reactive ketones (excluding diaryl/α,β-unsaturated/α-hetero) is 1. The average Bonchev–Trinajstić information content (AvgIpc) is 2.25. The van der Waals surface area contributed by atoms with E-state index in [0.29, 0.717) is 19.8 Å². The first-order valence-electron chi connectivity index (χ1n) is 5.96. The summed E-state index contributed by atoms with van der Waals surface area (Å²) in [4.78, 5) is 11.9. The van der Waals surface area contributed by atoms with E-state index in [0.717, 1.165) is 6.26 Å². The van der Waals surface area contributed by atoms with Crippen LogP contribution in [0, 0.1) is 5.92 Å². The molecule has 0 radical (unpaired) electrons. The van der Waals surface area contributed by atoms with Crippen molar-refractivity contribution in [3.8, 4) is 0 Å². The minimum atomic E-state index is -4.83. The highest BCUT2D eigenvalue weighted by atomic mass is 32.2. The Morgan fingerprint density at radius 2 is 1.79 bits per heavy atom. The lowest BCUT2D eigenvalue weighted by Gasteiger charge is -2.33. The maximum Gasteiger partial charge on any atom is 0.413 e. The normalized spacial score (nSPS) is 28.7. The van der Waals surface area contributed by atoms with Crippen molar-refractivity contribution < 1.29 is 26.4 Å². The van der Waals surface area contributed by atoms with Gasteiger partial charge in [-0.25, -0.2) is 8.42 Å². The topological polar surface area (TPSA) is 77.2 Å². The van der Waals surface area contributed by atoms with Crippen LogP contribution in [0.25, 0.3) is 0 Å². The first-order valence-corrected chi connectivity index (χ1v) is 7.91. The Balaban J connectivity index is 2.90. The number of sulfone groups is 1. The number of rotatable bonds is 3. The van der Waals surface area contributed by atoms with Crippen LogP contribution in [0.1, 0.15) is 32.6 Å². The number of hydrogen-bond acceptors (Lipinski definition) is 4. The molecule has 0 aromatic rings. The minimum Gasteiger partial charge on any atom is -0.312 e. The van der Waals surface area contributed by atoms with Gasteiger partial charge in [0.25, 0.3) is 0 Å². The third kappa shape index (κ3) is 3.47. The van der Waals surface area contributed by atoms with Gasteiger partial charge in [0.1, 0.15) is 9.84 Å². The van der Waals surface area contributed by atoms with Crippen LogP contribution in [0.15, 0.2) is 0 Å². The summed E-state index contributed by atoms with van der Waals surface area (Å²) in [7, 11) is -3.35. The standard InChI is InChI=1S/C11H18F3NO3S/c1-10(15,11(12,13)14)9(16)7-4-3-5-8(6-7)19(2,17)18/h7-8H,3-6,15H2,1-2H3. The van der Waals surface area contributed by atoms with Gasteiger partial charge in [0.2, 0.25) is 0 Å². The molecule has 1 aliphatic carbocycles. The Hall–Kier alpha value is -0.630. The molecular formula is C11H18F3NO3S. The van der Waals surface area contributed by atoms with E-state index >= 15 is 0 Å². The van der Waals surface area contributed by atoms with Crippen molar-refractivity contribution in [1.29, 1.82) is 0 Å². The monoisotopic (exact) mass is 301 g/mol. The number of nitrogens with two attached hydrogens (primary N) is 1. The predicted molar refractivity (Wildman–Crippen MR) is 64.2 cm³/mol. The Morgan fingerprint density at radius 1 is 1.26 bits per heavy atom. The van der Waals surface area contributed by atoms with E-state index in [-0.39, 0.29) is 12.8 Å². The second-order valence-electron chi connectivity index (χ2n) is 5.38. The van der Waals surface area contributed by atoms with E-state index in [1.54, 1.807) is 0 Å². The van der Waals surface area contributed by atoms with Crippen molar-refractivity contribution in [3.63, 3.8) is 0 Å². The van der Waals surface area contributed by atoms with Crippen LogP contribution in [0.3, 0.4) is 0 Å². The van der Waals surface area contributed by atoms with Crippen molar-refractivity contribution in [2.24, 2.45) is 11.7 Å². The van der Waals surface area contributed by atoms with Gasteiger partial charge in [-0.2, -0.15) is 13.2 Å². The van der Waals surface area contributed by atoms with Crippen molar-refractivity contribution in [3.05, 3.63) is 0 Å². The van der Waals surface area contributed by atoms with Crippen LogP contribution in [0.5, 0.6) is 0 Å². The molecule has 0 aromatic heterocycles. The van der Waals surface area contributed by atoms with Crippen LogP contribution in [0.4, 0.5) is 13.2 Å². The van der Waals surface area contributed by atoms with E-state index in [4.69, 9.17) is 5.73 Å². The van der Waals surface area contributed by atoms with Gasteiger partial charge >= 0.3 is 6.18 Å². The number of hydrogen-bond donors (Lipinski definition) is 1. The fourth-order valence-corrected chi connectivity index (χ4v) is 3.51. The fourth-order valence-electron chi connectivity index (χ4n) is 2.34. The smallest absolute Gasteiger partial charge is 0.312 e. The highest BCUT2D eigenvalue weighted by Gasteiger charge is 2.55. The molecule has 112 valence electrons. The van der Waals surface area contributed by atoms with Gasteiger partial charge in [-0.1, -0.05) is 6.42 Å². The van der Waals surface area contributed by atoms with Gasteiger partial charge in [0.15, 0.2) is 11.3 Å². The van der Waals surface area contributed by atoms with Gasteiger partial charge < -0.3 is 5.73 Å². The SMILES string of the molecule is CC(N)(C(=O)C1CCCC(S(C)(=O)=O)C1)C(F)(F)F. The molecule has 0 heterocycles. The summed E-state index contributed by atoms with van der Waals surface area (Å²) in [5.41, 5.74) is 2.18. The number of carbonyl (C=O) groups excluding carboxylic acids is 1. The molecule has 2 N–H and O–H groups in total. The molecule has 1 saturated carbocycles. The van der Waals surface area contributed by atoms with Crippen molar-refractivity contribution >= 4 is 15.6 Å². The second-order valence-corrected chi connectivity index (χ2v) is 7.71. The zero-order valence-electron chi connectivity index (χ0n) is 10.8. The van der Waals surface area contributed by atoms with Gasteiger partial charge in [-0.15, -0.1) is 0 Å². The zero-order chi connectivity index (χ0) is 15.1. The molecular weight excluding hydrogens is 283 g/mol. The molecule has 1 aliphatic rings. The molecule has 8 heteroatoms. The van der Waals surface area contributed by atoms with Crippen molar-refractivity contribution in [2.45, 2.75) is 49.6 Å². The Labute approximate surface area is 110 Å². The van der Waals surface area contributed by atoms with Gasteiger partial charge in [-0.3, -0.25) is 4.79 Å². The van der Waals surface area contributed by atoms with Crippen molar-refractivity contribution in [1.82, 2.24) is 0 Å². The molecule has 3 unspecified atom stereocenters. The minimum absolute atomic E-state index is 0.0689. The summed E-state index contributed by atoms with van der Waals surface area (Å²) in [5, 5.41) is -0.751. The fraction of sp³-hybridized carbons (Fsp3) is 0.909. The molecule has 0 aliphatic heterocycles. The molecule has 3 atom stereocenters. The van der Waals surface area contributed by atoms with Crippen molar-refractivity contribution in [2.75, 3.05) is 6.26 Å². The van der Waals surface area contributed by atoms with Crippen LogP contribution < -0.4 is 5.73 Å². The van der Waals surface area contributed by atoms with E-state index in [1.165, 1.54) is 0 Å².